The van der Waals surface area contributed by atoms with E-state index in [4.69, 9.17) is 5.73 Å². The number of hydrogen-bond donors (Lipinski definition) is 1. The maximum Gasteiger partial charge on any atom is 0.0425 e. The van der Waals surface area contributed by atoms with E-state index in [1.807, 2.05) is 0 Å². The Hall–Kier alpha value is -1.18. The van der Waals surface area contributed by atoms with Gasteiger partial charge in [0, 0.05) is 29.4 Å². The van der Waals surface area contributed by atoms with Gasteiger partial charge in [0.2, 0.25) is 0 Å². The Kier molecular flexibility index (Phi) is 3.28. The number of nitrogens with two attached hydrogens (primary N) is 1. The molecule has 1 aliphatic rings. The minimum Gasteiger partial charge on any atom is -0.402 e. The third-order valence-electron chi connectivity index (χ3n) is 3.49. The summed E-state index contributed by atoms with van der Waals surface area (Å²) in [6, 6.07) is 0. The summed E-state index contributed by atoms with van der Waals surface area (Å²) < 4.78 is 0. The minimum absolute atomic E-state index is 0.0202. The Morgan fingerprint density at radius 2 is 2.20 bits per heavy atom. The molecule has 84 valence electrons. The summed E-state index contributed by atoms with van der Waals surface area (Å²) in [6.45, 7) is 15.4. The van der Waals surface area contributed by atoms with Crippen molar-refractivity contribution >= 4 is 0 Å². The van der Waals surface area contributed by atoms with Crippen molar-refractivity contribution in [3.63, 3.8) is 0 Å². The van der Waals surface area contributed by atoms with E-state index in [1.165, 1.54) is 0 Å². The zero-order chi connectivity index (χ0) is 11.6. The Labute approximate surface area is 93.1 Å². The fraction of sp³-hybridized carbons (Fsp3) is 0.538. The van der Waals surface area contributed by atoms with Crippen LogP contribution >= 0.6 is 0 Å². The molecule has 1 heterocycles. The van der Waals surface area contributed by atoms with Gasteiger partial charge in [-0.3, -0.25) is 0 Å². The molecule has 15 heavy (non-hydrogen) atoms. The van der Waals surface area contributed by atoms with Crippen LogP contribution in [0.5, 0.6) is 0 Å². The average Bonchev–Trinajstić information content (AvgIpc) is 2.16. The van der Waals surface area contributed by atoms with Gasteiger partial charge in [-0.1, -0.05) is 26.2 Å². The van der Waals surface area contributed by atoms with Crippen molar-refractivity contribution in [3.05, 3.63) is 36.7 Å². The molecule has 0 bridgehead atoms. The molecule has 1 unspecified atom stereocenters. The van der Waals surface area contributed by atoms with Crippen LogP contribution in [0.15, 0.2) is 36.7 Å². The smallest absolute Gasteiger partial charge is 0.0425 e. The Balaban J connectivity index is 2.89. The third kappa shape index (κ3) is 2.25. The fourth-order valence-corrected chi connectivity index (χ4v) is 2.00. The fourth-order valence-electron chi connectivity index (χ4n) is 2.00. The zero-order valence-electron chi connectivity index (χ0n) is 10.1. The molecule has 0 radical (unpaired) electrons. The molecule has 0 spiro atoms. The summed E-state index contributed by atoms with van der Waals surface area (Å²) in [6.07, 6.45) is 5.32. The van der Waals surface area contributed by atoms with Crippen molar-refractivity contribution < 1.29 is 0 Å². The van der Waals surface area contributed by atoms with Crippen LogP contribution < -0.4 is 5.73 Å². The van der Waals surface area contributed by atoms with E-state index >= 15 is 0 Å². The van der Waals surface area contributed by atoms with Crippen LogP contribution in [0, 0.1) is 5.92 Å². The summed E-state index contributed by atoms with van der Waals surface area (Å²) in [5.41, 5.74) is 7.59. The molecule has 0 amide bonds. The lowest BCUT2D eigenvalue weighted by atomic mass is 9.84. The van der Waals surface area contributed by atoms with Crippen LogP contribution in [0.1, 0.15) is 27.2 Å². The summed E-state index contributed by atoms with van der Waals surface area (Å²) in [7, 11) is 0. The van der Waals surface area contributed by atoms with Gasteiger partial charge in [0.05, 0.1) is 0 Å². The van der Waals surface area contributed by atoms with Gasteiger partial charge in [-0.2, -0.15) is 0 Å². The second kappa shape index (κ2) is 4.13. The third-order valence-corrected chi connectivity index (χ3v) is 3.49. The molecular formula is C13H22N2. The van der Waals surface area contributed by atoms with Gasteiger partial charge in [-0.15, -0.1) is 0 Å². The van der Waals surface area contributed by atoms with Crippen LogP contribution in [0.3, 0.4) is 0 Å². The first-order valence-corrected chi connectivity index (χ1v) is 5.44. The molecule has 0 aliphatic carbocycles. The predicted molar refractivity (Wildman–Crippen MR) is 66.2 cm³/mol. The van der Waals surface area contributed by atoms with E-state index < -0.39 is 0 Å². The molecule has 0 saturated heterocycles. The number of nitrogens with zero attached hydrogens (tertiary/aromatic N) is 1. The monoisotopic (exact) mass is 206 g/mol. The molecule has 0 aromatic heterocycles. The highest BCUT2D eigenvalue weighted by atomic mass is 15.2. The SMILES string of the molecule is C=C(N)C(C)C(C)(C)N1CCC=CC1=C. The lowest BCUT2D eigenvalue weighted by Crippen LogP contribution is -2.49. The van der Waals surface area contributed by atoms with Gasteiger partial charge in [0.15, 0.2) is 0 Å². The van der Waals surface area contributed by atoms with E-state index in [2.05, 4.69) is 51.0 Å². The van der Waals surface area contributed by atoms with Gasteiger partial charge in [-0.25, -0.2) is 0 Å². The molecule has 1 atom stereocenters. The molecule has 0 aromatic carbocycles. The largest absolute Gasteiger partial charge is 0.402 e. The normalized spacial score (nSPS) is 19.1. The van der Waals surface area contributed by atoms with Crippen molar-refractivity contribution in [2.45, 2.75) is 32.7 Å². The maximum atomic E-state index is 5.81. The predicted octanol–water partition coefficient (Wildman–Crippen LogP) is 2.65. The van der Waals surface area contributed by atoms with E-state index in [9.17, 15) is 0 Å². The van der Waals surface area contributed by atoms with Crippen molar-refractivity contribution in [1.82, 2.24) is 4.90 Å². The second-order valence-corrected chi connectivity index (χ2v) is 4.78. The highest BCUT2D eigenvalue weighted by Gasteiger charge is 2.34. The zero-order valence-corrected chi connectivity index (χ0v) is 10.1. The molecule has 0 saturated carbocycles. The first-order chi connectivity index (χ1) is 6.87. The molecule has 2 nitrogen and oxygen atoms in total. The van der Waals surface area contributed by atoms with Crippen molar-refractivity contribution in [2.75, 3.05) is 6.54 Å². The quantitative estimate of drug-likeness (QED) is 0.769. The number of allylic oxidation sites excluding steroid dienone is 1. The highest BCUT2D eigenvalue weighted by molar-refractivity contribution is 5.21. The maximum absolute atomic E-state index is 5.81. The lowest BCUT2D eigenvalue weighted by Gasteiger charge is -2.46. The van der Waals surface area contributed by atoms with Crippen LogP contribution in [0.2, 0.25) is 0 Å². The van der Waals surface area contributed by atoms with Crippen molar-refractivity contribution in [2.24, 2.45) is 11.7 Å². The van der Waals surface area contributed by atoms with E-state index in [0.29, 0.717) is 0 Å². The van der Waals surface area contributed by atoms with Crippen molar-refractivity contribution in [1.29, 1.82) is 0 Å². The van der Waals surface area contributed by atoms with Crippen molar-refractivity contribution in [3.8, 4) is 0 Å². The minimum atomic E-state index is -0.0202. The lowest BCUT2D eigenvalue weighted by molar-refractivity contribution is 0.125. The first kappa shape index (κ1) is 11.9. The van der Waals surface area contributed by atoms with Crippen LogP contribution in [-0.4, -0.2) is 17.0 Å². The van der Waals surface area contributed by atoms with Crippen LogP contribution in [0.25, 0.3) is 0 Å². The van der Waals surface area contributed by atoms with Gasteiger partial charge < -0.3 is 10.6 Å². The standard InChI is InChI=1S/C13H22N2/c1-10-8-6-7-9-15(10)13(4,5)11(2)12(3)14/h6,8,11H,1,3,7,9,14H2,2,4-5H3. The van der Waals surface area contributed by atoms with Gasteiger partial charge >= 0.3 is 0 Å². The molecule has 1 aliphatic heterocycles. The molecule has 0 fully saturated rings. The summed E-state index contributed by atoms with van der Waals surface area (Å²) >= 11 is 0. The number of rotatable bonds is 3. The van der Waals surface area contributed by atoms with E-state index in [-0.39, 0.29) is 11.5 Å². The average molecular weight is 206 g/mol. The van der Waals surface area contributed by atoms with E-state index in [0.717, 1.165) is 24.4 Å². The molecule has 2 N–H and O–H groups in total. The molecule has 0 aromatic rings. The Bertz CT molecular complexity index is 300. The topological polar surface area (TPSA) is 29.3 Å². The van der Waals surface area contributed by atoms with Crippen LogP contribution in [0.4, 0.5) is 0 Å². The van der Waals surface area contributed by atoms with E-state index in [1.54, 1.807) is 0 Å². The van der Waals surface area contributed by atoms with Gasteiger partial charge in [-0.05, 0) is 26.3 Å². The first-order valence-electron chi connectivity index (χ1n) is 5.44. The highest BCUT2D eigenvalue weighted by Crippen LogP contribution is 2.32. The Morgan fingerprint density at radius 1 is 1.60 bits per heavy atom. The van der Waals surface area contributed by atoms with Gasteiger partial charge in [0.25, 0.3) is 0 Å². The van der Waals surface area contributed by atoms with Crippen LogP contribution in [-0.2, 0) is 0 Å². The second-order valence-electron chi connectivity index (χ2n) is 4.78. The summed E-state index contributed by atoms with van der Waals surface area (Å²) in [5.74, 6) is 0.251. The summed E-state index contributed by atoms with van der Waals surface area (Å²) in [5, 5.41) is 0. The van der Waals surface area contributed by atoms with Gasteiger partial charge in [0.1, 0.15) is 0 Å². The molecular weight excluding hydrogens is 184 g/mol. The Morgan fingerprint density at radius 3 is 2.67 bits per heavy atom. The number of hydrogen-bond acceptors (Lipinski definition) is 2. The molecule has 1 rings (SSSR count). The molecule has 2 heteroatoms. The summed E-state index contributed by atoms with van der Waals surface area (Å²) in [4.78, 5) is 2.32.